The number of carbonyl (C=O) groups is 1. The Kier molecular flexibility index (Phi) is 6.56. The van der Waals surface area contributed by atoms with Crippen LogP contribution >= 0.6 is 0 Å². The van der Waals surface area contributed by atoms with Crippen molar-refractivity contribution < 1.29 is 18.7 Å². The highest BCUT2D eigenvalue weighted by molar-refractivity contribution is 5.53. The molecule has 0 aromatic heterocycles. The second-order valence-corrected chi connectivity index (χ2v) is 9.01. The van der Waals surface area contributed by atoms with Crippen molar-refractivity contribution in [2.75, 3.05) is 31.1 Å². The molecule has 2 aromatic carbocycles. The molecule has 1 unspecified atom stereocenters. The minimum absolute atomic E-state index is 0.124. The van der Waals surface area contributed by atoms with E-state index in [4.69, 9.17) is 9.90 Å². The Morgan fingerprint density at radius 2 is 1.68 bits per heavy atom. The molecule has 0 radical (unpaired) electrons. The highest BCUT2D eigenvalue weighted by Gasteiger charge is 2.34. The predicted molar refractivity (Wildman–Crippen MR) is 117 cm³/mol. The standard InChI is InChI=1S/C24H28F2N2.CH2O2/c1-16-9-11-27(12-10-16)23-8-6-18-13-17(5-7-20(18)23)19-14-28(15-19)24-21(25)3-2-4-22(24)26;2-1-3/h2-5,7,13,16,19,23H,6,8-12,14-15H2,1H3;1H,(H,2,3). The third-order valence-corrected chi connectivity index (χ3v) is 7.08. The summed E-state index contributed by atoms with van der Waals surface area (Å²) in [6.07, 6.45) is 5.01. The number of rotatable bonds is 3. The SMILES string of the molecule is CC1CCN(C2CCc3cc(C4CN(c5c(F)cccc5F)C4)ccc32)CC1.O=CO. The van der Waals surface area contributed by atoms with Gasteiger partial charge in [0.1, 0.15) is 17.3 Å². The fraction of sp³-hybridized carbons (Fsp3) is 0.480. The average molecular weight is 429 g/mol. The van der Waals surface area contributed by atoms with E-state index in [1.54, 1.807) is 0 Å². The minimum atomic E-state index is -0.467. The van der Waals surface area contributed by atoms with Crippen molar-refractivity contribution in [1.82, 2.24) is 4.90 Å². The number of anilines is 1. The predicted octanol–water partition coefficient (Wildman–Crippen LogP) is 4.99. The molecule has 2 heterocycles. The summed E-state index contributed by atoms with van der Waals surface area (Å²) >= 11 is 0. The van der Waals surface area contributed by atoms with E-state index in [2.05, 4.69) is 30.0 Å². The van der Waals surface area contributed by atoms with Crippen molar-refractivity contribution in [2.45, 2.75) is 44.6 Å². The lowest BCUT2D eigenvalue weighted by molar-refractivity contribution is -0.122. The number of carboxylic acid groups (broad SMARTS) is 1. The average Bonchev–Trinajstić information content (AvgIpc) is 3.14. The molecule has 31 heavy (non-hydrogen) atoms. The first-order valence-electron chi connectivity index (χ1n) is 11.2. The molecule has 2 aromatic rings. The Balaban J connectivity index is 0.000000730. The third kappa shape index (κ3) is 4.45. The fourth-order valence-corrected chi connectivity index (χ4v) is 5.25. The van der Waals surface area contributed by atoms with Gasteiger partial charge in [-0.2, -0.15) is 0 Å². The molecular weight excluding hydrogens is 398 g/mol. The number of likely N-dealkylation sites (tertiary alicyclic amines) is 1. The summed E-state index contributed by atoms with van der Waals surface area (Å²) in [4.78, 5) is 12.9. The van der Waals surface area contributed by atoms with Gasteiger partial charge in [0, 0.05) is 25.0 Å². The highest BCUT2D eigenvalue weighted by Crippen LogP contribution is 2.41. The van der Waals surface area contributed by atoms with Gasteiger partial charge in [-0.15, -0.1) is 0 Å². The summed E-state index contributed by atoms with van der Waals surface area (Å²) in [6.45, 7) is 5.92. The first kappa shape index (κ1) is 21.8. The summed E-state index contributed by atoms with van der Waals surface area (Å²) in [5.41, 5.74) is 4.44. The van der Waals surface area contributed by atoms with E-state index in [1.165, 1.54) is 67.2 Å². The number of para-hydroxylation sites is 1. The molecule has 3 aliphatic rings. The Bertz CT molecular complexity index is 901. The summed E-state index contributed by atoms with van der Waals surface area (Å²) in [7, 11) is 0. The Hall–Kier alpha value is -2.47. The molecule has 1 N–H and O–H groups in total. The number of aryl methyl sites for hydroxylation is 1. The minimum Gasteiger partial charge on any atom is -0.483 e. The number of nitrogens with zero attached hydrogens (tertiary/aromatic N) is 2. The van der Waals surface area contributed by atoms with Gasteiger partial charge >= 0.3 is 0 Å². The Labute approximate surface area is 182 Å². The molecule has 0 amide bonds. The van der Waals surface area contributed by atoms with Crippen molar-refractivity contribution in [3.05, 3.63) is 64.7 Å². The molecule has 6 heteroatoms. The maximum atomic E-state index is 14.0. The number of hydrogen-bond acceptors (Lipinski definition) is 3. The van der Waals surface area contributed by atoms with E-state index >= 15 is 0 Å². The quantitative estimate of drug-likeness (QED) is 0.700. The molecule has 4 nitrogen and oxygen atoms in total. The summed E-state index contributed by atoms with van der Waals surface area (Å²) in [6, 6.07) is 11.6. The number of halogens is 2. The normalized spacial score (nSPS) is 21.8. The van der Waals surface area contributed by atoms with Crippen molar-refractivity contribution in [1.29, 1.82) is 0 Å². The molecule has 2 fully saturated rings. The van der Waals surface area contributed by atoms with Crippen LogP contribution in [0, 0.1) is 17.6 Å². The first-order valence-corrected chi connectivity index (χ1v) is 11.2. The Morgan fingerprint density at radius 3 is 2.32 bits per heavy atom. The monoisotopic (exact) mass is 428 g/mol. The van der Waals surface area contributed by atoms with Crippen LogP contribution in [0.1, 0.15) is 54.8 Å². The molecule has 1 atom stereocenters. The van der Waals surface area contributed by atoms with Crippen LogP contribution in [0.2, 0.25) is 0 Å². The maximum absolute atomic E-state index is 14.0. The number of hydrogen-bond donors (Lipinski definition) is 1. The number of benzene rings is 2. The molecule has 0 saturated carbocycles. The van der Waals surface area contributed by atoms with Crippen LogP contribution in [0.4, 0.5) is 14.5 Å². The number of fused-ring (bicyclic) bond motifs is 1. The van der Waals surface area contributed by atoms with Gasteiger partial charge in [-0.1, -0.05) is 31.2 Å². The smallest absolute Gasteiger partial charge is 0.290 e. The van der Waals surface area contributed by atoms with E-state index in [1.807, 2.05) is 4.90 Å². The van der Waals surface area contributed by atoms with Crippen LogP contribution in [0.15, 0.2) is 36.4 Å². The molecule has 2 saturated heterocycles. The summed E-state index contributed by atoms with van der Waals surface area (Å²) < 4.78 is 28.0. The highest BCUT2D eigenvalue weighted by atomic mass is 19.1. The van der Waals surface area contributed by atoms with Crippen molar-refractivity contribution in [2.24, 2.45) is 5.92 Å². The van der Waals surface area contributed by atoms with Crippen molar-refractivity contribution in [3.63, 3.8) is 0 Å². The van der Waals surface area contributed by atoms with Crippen LogP contribution in [0.5, 0.6) is 0 Å². The summed E-state index contributed by atoms with van der Waals surface area (Å²) in [5.74, 6) is 0.289. The van der Waals surface area contributed by atoms with Crippen LogP contribution in [-0.2, 0) is 11.2 Å². The largest absolute Gasteiger partial charge is 0.483 e. The lowest BCUT2D eigenvalue weighted by Gasteiger charge is -2.41. The van der Waals surface area contributed by atoms with Crippen molar-refractivity contribution in [3.8, 4) is 0 Å². The lowest BCUT2D eigenvalue weighted by Crippen LogP contribution is -2.46. The van der Waals surface area contributed by atoms with Gasteiger partial charge in [0.15, 0.2) is 0 Å². The Morgan fingerprint density at radius 1 is 1.03 bits per heavy atom. The zero-order chi connectivity index (χ0) is 22.0. The van der Waals surface area contributed by atoms with Gasteiger partial charge in [-0.3, -0.25) is 9.69 Å². The van der Waals surface area contributed by atoms with E-state index in [0.29, 0.717) is 25.0 Å². The second-order valence-electron chi connectivity index (χ2n) is 9.01. The number of piperidine rings is 1. The zero-order valence-electron chi connectivity index (χ0n) is 17.9. The van der Waals surface area contributed by atoms with Gasteiger partial charge < -0.3 is 10.0 Å². The molecule has 5 rings (SSSR count). The molecular formula is C25H30F2N2O2. The summed E-state index contributed by atoms with van der Waals surface area (Å²) in [5, 5.41) is 6.89. The van der Waals surface area contributed by atoms with Gasteiger partial charge in [-0.25, -0.2) is 8.78 Å². The fourth-order valence-electron chi connectivity index (χ4n) is 5.25. The molecule has 1 aliphatic carbocycles. The van der Waals surface area contributed by atoms with Gasteiger partial charge in [0.2, 0.25) is 0 Å². The molecule has 0 bridgehead atoms. The molecule has 0 spiro atoms. The van der Waals surface area contributed by atoms with E-state index in [-0.39, 0.29) is 12.2 Å². The van der Waals surface area contributed by atoms with Crippen LogP contribution in [-0.4, -0.2) is 42.7 Å². The van der Waals surface area contributed by atoms with E-state index < -0.39 is 11.6 Å². The zero-order valence-corrected chi connectivity index (χ0v) is 17.9. The third-order valence-electron chi connectivity index (χ3n) is 7.08. The van der Waals surface area contributed by atoms with Crippen LogP contribution in [0.25, 0.3) is 0 Å². The first-order chi connectivity index (χ1) is 15.0. The van der Waals surface area contributed by atoms with E-state index in [0.717, 1.165) is 12.3 Å². The topological polar surface area (TPSA) is 43.8 Å². The van der Waals surface area contributed by atoms with Crippen LogP contribution in [0.3, 0.4) is 0 Å². The molecule has 2 aliphatic heterocycles. The molecule has 166 valence electrons. The lowest BCUT2D eigenvalue weighted by atomic mass is 9.88. The van der Waals surface area contributed by atoms with Gasteiger partial charge in [0.25, 0.3) is 6.47 Å². The van der Waals surface area contributed by atoms with E-state index in [9.17, 15) is 8.78 Å². The van der Waals surface area contributed by atoms with Crippen LogP contribution < -0.4 is 4.90 Å². The van der Waals surface area contributed by atoms with Gasteiger partial charge in [-0.05, 0) is 73.5 Å². The second kappa shape index (κ2) is 9.35. The van der Waals surface area contributed by atoms with Crippen molar-refractivity contribution >= 4 is 12.2 Å². The maximum Gasteiger partial charge on any atom is 0.290 e. The van der Waals surface area contributed by atoms with Gasteiger partial charge in [0.05, 0.1) is 0 Å².